The van der Waals surface area contributed by atoms with Crippen LogP contribution in [0.4, 0.5) is 5.00 Å². The molecule has 0 unspecified atom stereocenters. The fraction of sp³-hybridized carbons (Fsp3) is 0.125. The van der Waals surface area contributed by atoms with Gasteiger partial charge in [-0.3, -0.25) is 4.79 Å². The van der Waals surface area contributed by atoms with Crippen LogP contribution in [-0.4, -0.2) is 17.0 Å². The minimum absolute atomic E-state index is 0.243. The molecule has 0 saturated heterocycles. The predicted molar refractivity (Wildman–Crippen MR) is 84.9 cm³/mol. The van der Waals surface area contributed by atoms with Crippen LogP contribution in [0.15, 0.2) is 36.4 Å². The molecule has 1 aromatic carbocycles. The van der Waals surface area contributed by atoms with Gasteiger partial charge in [0.25, 0.3) is 0 Å². The highest BCUT2D eigenvalue weighted by Crippen LogP contribution is 2.26. The molecule has 2 aromatic rings. The fourth-order valence-corrected chi connectivity index (χ4v) is 2.68. The third-order valence-electron chi connectivity index (χ3n) is 2.86. The Morgan fingerprint density at radius 3 is 2.43 bits per heavy atom. The second kappa shape index (κ2) is 6.37. The highest BCUT2D eigenvalue weighted by Gasteiger charge is 2.12. The van der Waals surface area contributed by atoms with Crippen LogP contribution in [0.3, 0.4) is 0 Å². The van der Waals surface area contributed by atoms with E-state index in [1.165, 1.54) is 6.08 Å². The Morgan fingerprint density at radius 2 is 1.86 bits per heavy atom. The SMILES string of the molecule is Cc1ccc(/C=C/C(=O)Nc2cc(C)c(C(=O)O)s2)cc1. The normalized spacial score (nSPS) is 10.8. The van der Waals surface area contributed by atoms with Crippen molar-refractivity contribution in [3.8, 4) is 0 Å². The number of amides is 1. The Labute approximate surface area is 126 Å². The van der Waals surface area contributed by atoms with Gasteiger partial charge in [0.15, 0.2) is 0 Å². The first-order chi connectivity index (χ1) is 9.95. The number of hydrogen-bond donors (Lipinski definition) is 2. The number of carbonyl (C=O) groups excluding carboxylic acids is 1. The molecule has 0 aliphatic heterocycles. The maximum atomic E-state index is 11.8. The van der Waals surface area contributed by atoms with E-state index in [1.807, 2.05) is 31.2 Å². The van der Waals surface area contributed by atoms with E-state index in [0.717, 1.165) is 22.5 Å². The number of carboxylic acid groups (broad SMARTS) is 1. The van der Waals surface area contributed by atoms with E-state index in [1.54, 1.807) is 19.1 Å². The number of hydrogen-bond acceptors (Lipinski definition) is 3. The third-order valence-corrected chi connectivity index (χ3v) is 4.00. The molecule has 0 bridgehead atoms. The molecular formula is C16H15NO3S. The van der Waals surface area contributed by atoms with Crippen molar-refractivity contribution in [3.63, 3.8) is 0 Å². The Bertz CT molecular complexity index is 699. The number of nitrogens with one attached hydrogen (secondary N) is 1. The van der Waals surface area contributed by atoms with E-state index in [2.05, 4.69) is 5.32 Å². The Morgan fingerprint density at radius 1 is 1.19 bits per heavy atom. The summed E-state index contributed by atoms with van der Waals surface area (Å²) < 4.78 is 0. The van der Waals surface area contributed by atoms with E-state index in [4.69, 9.17) is 5.11 Å². The van der Waals surface area contributed by atoms with Crippen molar-refractivity contribution in [3.05, 3.63) is 58.0 Å². The van der Waals surface area contributed by atoms with Gasteiger partial charge in [-0.2, -0.15) is 0 Å². The zero-order valence-electron chi connectivity index (χ0n) is 11.7. The number of carbonyl (C=O) groups is 2. The summed E-state index contributed by atoms with van der Waals surface area (Å²) in [5, 5.41) is 12.2. The van der Waals surface area contributed by atoms with Gasteiger partial charge in [0.2, 0.25) is 5.91 Å². The first-order valence-electron chi connectivity index (χ1n) is 6.35. The minimum Gasteiger partial charge on any atom is -0.477 e. The van der Waals surface area contributed by atoms with Crippen molar-refractivity contribution in [1.29, 1.82) is 0 Å². The van der Waals surface area contributed by atoms with Gasteiger partial charge in [-0.15, -0.1) is 11.3 Å². The molecule has 1 aromatic heterocycles. The molecule has 2 rings (SSSR count). The van der Waals surface area contributed by atoms with Gasteiger partial charge in [0.05, 0.1) is 5.00 Å². The zero-order chi connectivity index (χ0) is 15.4. The van der Waals surface area contributed by atoms with Crippen LogP contribution in [-0.2, 0) is 4.79 Å². The van der Waals surface area contributed by atoms with Crippen LogP contribution in [0, 0.1) is 13.8 Å². The molecule has 4 nitrogen and oxygen atoms in total. The molecule has 0 fully saturated rings. The average Bonchev–Trinajstić information content (AvgIpc) is 2.79. The van der Waals surface area contributed by atoms with E-state index in [-0.39, 0.29) is 10.8 Å². The summed E-state index contributed by atoms with van der Waals surface area (Å²) in [6.07, 6.45) is 3.15. The number of carboxylic acids is 1. The molecule has 0 aliphatic carbocycles. The van der Waals surface area contributed by atoms with Crippen LogP contribution in [0.5, 0.6) is 0 Å². The van der Waals surface area contributed by atoms with E-state index in [9.17, 15) is 9.59 Å². The van der Waals surface area contributed by atoms with Crippen LogP contribution >= 0.6 is 11.3 Å². The van der Waals surface area contributed by atoms with Crippen molar-refractivity contribution in [1.82, 2.24) is 0 Å². The van der Waals surface area contributed by atoms with E-state index < -0.39 is 5.97 Å². The zero-order valence-corrected chi connectivity index (χ0v) is 12.5. The lowest BCUT2D eigenvalue weighted by Gasteiger charge is -1.97. The van der Waals surface area contributed by atoms with Gasteiger partial charge in [0.1, 0.15) is 4.88 Å². The lowest BCUT2D eigenvalue weighted by atomic mass is 10.1. The second-order valence-electron chi connectivity index (χ2n) is 4.66. The molecule has 2 N–H and O–H groups in total. The lowest BCUT2D eigenvalue weighted by molar-refractivity contribution is -0.111. The van der Waals surface area contributed by atoms with Gasteiger partial charge >= 0.3 is 5.97 Å². The monoisotopic (exact) mass is 301 g/mol. The molecule has 0 atom stereocenters. The topological polar surface area (TPSA) is 66.4 Å². The second-order valence-corrected chi connectivity index (χ2v) is 5.71. The quantitative estimate of drug-likeness (QED) is 0.846. The van der Waals surface area contributed by atoms with Crippen molar-refractivity contribution in [2.24, 2.45) is 0 Å². The van der Waals surface area contributed by atoms with E-state index >= 15 is 0 Å². The molecule has 0 aliphatic rings. The Kier molecular flexibility index (Phi) is 4.55. The van der Waals surface area contributed by atoms with Gasteiger partial charge in [-0.05, 0) is 37.1 Å². The molecule has 0 radical (unpaired) electrons. The number of anilines is 1. The van der Waals surface area contributed by atoms with Crippen LogP contribution < -0.4 is 5.32 Å². The van der Waals surface area contributed by atoms with Gasteiger partial charge in [0, 0.05) is 6.08 Å². The maximum Gasteiger partial charge on any atom is 0.346 e. The van der Waals surface area contributed by atoms with Crippen LogP contribution in [0.25, 0.3) is 6.08 Å². The number of aryl methyl sites for hydroxylation is 2. The molecule has 108 valence electrons. The number of benzene rings is 1. The summed E-state index contributed by atoms with van der Waals surface area (Å²) in [4.78, 5) is 23.0. The van der Waals surface area contributed by atoms with Gasteiger partial charge in [-0.25, -0.2) is 4.79 Å². The van der Waals surface area contributed by atoms with Crippen molar-refractivity contribution in [2.75, 3.05) is 5.32 Å². The molecule has 0 spiro atoms. The maximum absolute atomic E-state index is 11.8. The van der Waals surface area contributed by atoms with Crippen LogP contribution in [0.1, 0.15) is 26.4 Å². The van der Waals surface area contributed by atoms with E-state index in [0.29, 0.717) is 10.6 Å². The number of aromatic carboxylic acids is 1. The predicted octanol–water partition coefficient (Wildman–Crippen LogP) is 3.72. The molecule has 21 heavy (non-hydrogen) atoms. The summed E-state index contributed by atoms with van der Waals surface area (Å²) in [5.74, 6) is -1.26. The summed E-state index contributed by atoms with van der Waals surface area (Å²) in [5.41, 5.74) is 2.74. The van der Waals surface area contributed by atoms with Crippen molar-refractivity contribution in [2.45, 2.75) is 13.8 Å². The first-order valence-corrected chi connectivity index (χ1v) is 7.17. The van der Waals surface area contributed by atoms with Gasteiger partial charge < -0.3 is 10.4 Å². The highest BCUT2D eigenvalue weighted by molar-refractivity contribution is 7.18. The van der Waals surface area contributed by atoms with Crippen molar-refractivity contribution < 1.29 is 14.7 Å². The number of thiophene rings is 1. The molecule has 1 heterocycles. The van der Waals surface area contributed by atoms with Crippen LogP contribution in [0.2, 0.25) is 0 Å². The molecule has 1 amide bonds. The smallest absolute Gasteiger partial charge is 0.346 e. The molecule has 0 saturated carbocycles. The van der Waals surface area contributed by atoms with Crippen molar-refractivity contribution >= 4 is 34.3 Å². The standard InChI is InChI=1S/C16H15NO3S/c1-10-3-5-12(6-4-10)7-8-13(18)17-14-9-11(2)15(21-14)16(19)20/h3-9H,1-2H3,(H,17,18)(H,19,20)/b8-7+. The first kappa shape index (κ1) is 15.0. The fourth-order valence-electron chi connectivity index (χ4n) is 1.77. The largest absolute Gasteiger partial charge is 0.477 e. The highest BCUT2D eigenvalue weighted by atomic mass is 32.1. The third kappa shape index (κ3) is 4.03. The lowest BCUT2D eigenvalue weighted by Crippen LogP contribution is -2.06. The Balaban J connectivity index is 2.03. The Hall–Kier alpha value is -2.40. The summed E-state index contributed by atoms with van der Waals surface area (Å²) >= 11 is 1.05. The van der Waals surface area contributed by atoms with Gasteiger partial charge in [-0.1, -0.05) is 29.8 Å². The molecular weight excluding hydrogens is 286 g/mol. The summed E-state index contributed by atoms with van der Waals surface area (Å²) in [6, 6.07) is 9.46. The molecule has 5 heteroatoms. The minimum atomic E-state index is -0.979. The summed E-state index contributed by atoms with van der Waals surface area (Å²) in [6.45, 7) is 3.71. The number of rotatable bonds is 4. The summed E-state index contributed by atoms with van der Waals surface area (Å²) in [7, 11) is 0. The average molecular weight is 301 g/mol.